The minimum Gasteiger partial charge on any atom is -0.496 e. The molecule has 0 amide bonds. The zero-order valence-electron chi connectivity index (χ0n) is 8.09. The molecule has 0 spiro atoms. The molecule has 14 heavy (non-hydrogen) atoms. The molecule has 1 rings (SSSR count). The van der Waals surface area contributed by atoms with Gasteiger partial charge in [0.1, 0.15) is 11.6 Å². The molecule has 0 N–H and O–H groups in total. The fourth-order valence-electron chi connectivity index (χ4n) is 1.30. The van der Waals surface area contributed by atoms with E-state index < -0.39 is 0 Å². The Hall–Kier alpha value is -1.56. The molecule has 0 heterocycles. The highest BCUT2D eigenvalue weighted by Gasteiger charge is 2.03. The van der Waals surface area contributed by atoms with E-state index in [4.69, 9.17) is 10.00 Å². The molecule has 0 bridgehead atoms. The average molecular weight is 193 g/mol. The van der Waals surface area contributed by atoms with Crippen LogP contribution in [0.2, 0.25) is 0 Å². The zero-order chi connectivity index (χ0) is 10.4. The van der Waals surface area contributed by atoms with Crippen molar-refractivity contribution in [1.82, 2.24) is 0 Å². The maximum Gasteiger partial charge on any atom is 0.123 e. The van der Waals surface area contributed by atoms with Gasteiger partial charge in [-0.05, 0) is 36.6 Å². The van der Waals surface area contributed by atoms with Gasteiger partial charge >= 0.3 is 0 Å². The molecule has 0 saturated carbocycles. The number of methoxy groups -OCH3 is 1. The first-order valence-corrected chi connectivity index (χ1v) is 4.47. The molecular formula is C11H12FNO. The molecule has 0 aromatic heterocycles. The molecule has 0 fully saturated rings. The molecule has 1 aromatic rings. The minimum atomic E-state index is -0.266. The highest BCUT2D eigenvalue weighted by molar-refractivity contribution is 5.33. The second-order valence-corrected chi connectivity index (χ2v) is 2.97. The third kappa shape index (κ3) is 2.74. The summed E-state index contributed by atoms with van der Waals surface area (Å²) in [6.45, 7) is 0. The van der Waals surface area contributed by atoms with Crippen molar-refractivity contribution >= 4 is 0 Å². The van der Waals surface area contributed by atoms with E-state index in [0.29, 0.717) is 18.6 Å². The normalized spacial score (nSPS) is 9.50. The van der Waals surface area contributed by atoms with Gasteiger partial charge in [0.25, 0.3) is 0 Å². The number of rotatable bonds is 4. The average Bonchev–Trinajstić information content (AvgIpc) is 2.19. The third-order valence-corrected chi connectivity index (χ3v) is 1.98. The van der Waals surface area contributed by atoms with Gasteiger partial charge in [-0.15, -0.1) is 0 Å². The Labute approximate surface area is 82.9 Å². The van der Waals surface area contributed by atoms with Crippen molar-refractivity contribution in [2.24, 2.45) is 0 Å². The van der Waals surface area contributed by atoms with E-state index in [2.05, 4.69) is 6.07 Å². The van der Waals surface area contributed by atoms with Crippen LogP contribution >= 0.6 is 0 Å². The fraction of sp³-hybridized carbons (Fsp3) is 0.364. The predicted octanol–water partition coefficient (Wildman–Crippen LogP) is 2.68. The molecule has 2 nitrogen and oxygen atoms in total. The lowest BCUT2D eigenvalue weighted by atomic mass is 10.1. The summed E-state index contributed by atoms with van der Waals surface area (Å²) in [5.41, 5.74) is 0.822. The maximum absolute atomic E-state index is 12.9. The van der Waals surface area contributed by atoms with Gasteiger partial charge in [-0.25, -0.2) is 4.39 Å². The highest BCUT2D eigenvalue weighted by atomic mass is 19.1. The number of ether oxygens (including phenoxy) is 1. The summed E-state index contributed by atoms with van der Waals surface area (Å²) in [5.74, 6) is 0.419. The summed E-state index contributed by atoms with van der Waals surface area (Å²) in [6.07, 6.45) is 1.89. The number of nitriles is 1. The summed E-state index contributed by atoms with van der Waals surface area (Å²) < 4.78 is 18.0. The number of hydrogen-bond acceptors (Lipinski definition) is 2. The molecule has 0 radical (unpaired) electrons. The number of hydrogen-bond donors (Lipinski definition) is 0. The van der Waals surface area contributed by atoms with Crippen LogP contribution in [0.4, 0.5) is 4.39 Å². The van der Waals surface area contributed by atoms with Crippen LogP contribution in [0, 0.1) is 17.1 Å². The number of benzene rings is 1. The van der Waals surface area contributed by atoms with Crippen LogP contribution in [0.25, 0.3) is 0 Å². The number of unbranched alkanes of at least 4 members (excludes halogenated alkanes) is 1. The quantitative estimate of drug-likeness (QED) is 0.689. The van der Waals surface area contributed by atoms with E-state index in [9.17, 15) is 4.39 Å². The van der Waals surface area contributed by atoms with Crippen molar-refractivity contribution in [3.05, 3.63) is 29.6 Å². The topological polar surface area (TPSA) is 33.0 Å². The minimum absolute atomic E-state index is 0.266. The Bertz CT molecular complexity index is 344. The first-order chi connectivity index (χ1) is 6.77. The van der Waals surface area contributed by atoms with E-state index in [1.54, 1.807) is 13.2 Å². The standard InChI is InChI=1S/C11H12FNO/c1-14-11-6-5-10(12)8-9(11)4-2-3-7-13/h5-6,8H,2-4H2,1H3. The molecule has 74 valence electrons. The van der Waals surface area contributed by atoms with Crippen LogP contribution in [0.5, 0.6) is 5.75 Å². The van der Waals surface area contributed by atoms with Gasteiger partial charge in [0.15, 0.2) is 0 Å². The van der Waals surface area contributed by atoms with Crippen molar-refractivity contribution in [2.45, 2.75) is 19.3 Å². The summed E-state index contributed by atoms with van der Waals surface area (Å²) >= 11 is 0. The first kappa shape index (κ1) is 10.5. The Kier molecular flexibility index (Phi) is 3.93. The van der Waals surface area contributed by atoms with E-state index in [1.165, 1.54) is 12.1 Å². The smallest absolute Gasteiger partial charge is 0.123 e. The monoisotopic (exact) mass is 193 g/mol. The van der Waals surface area contributed by atoms with Crippen LogP contribution in [0.1, 0.15) is 18.4 Å². The summed E-state index contributed by atoms with van der Waals surface area (Å²) in [4.78, 5) is 0. The molecule has 1 aromatic carbocycles. The van der Waals surface area contributed by atoms with Crippen molar-refractivity contribution < 1.29 is 9.13 Å². The van der Waals surface area contributed by atoms with Crippen LogP contribution in [-0.4, -0.2) is 7.11 Å². The van der Waals surface area contributed by atoms with E-state index >= 15 is 0 Å². The maximum atomic E-state index is 12.9. The van der Waals surface area contributed by atoms with Crippen molar-refractivity contribution in [1.29, 1.82) is 5.26 Å². The Morgan fingerprint density at radius 1 is 1.50 bits per heavy atom. The third-order valence-electron chi connectivity index (χ3n) is 1.98. The number of aryl methyl sites for hydroxylation is 1. The highest BCUT2D eigenvalue weighted by Crippen LogP contribution is 2.20. The van der Waals surface area contributed by atoms with Crippen LogP contribution in [-0.2, 0) is 6.42 Å². The number of nitrogens with zero attached hydrogens (tertiary/aromatic N) is 1. The molecular weight excluding hydrogens is 181 g/mol. The van der Waals surface area contributed by atoms with Crippen molar-refractivity contribution in [2.75, 3.05) is 7.11 Å². The van der Waals surface area contributed by atoms with Gasteiger partial charge in [-0.1, -0.05) is 0 Å². The van der Waals surface area contributed by atoms with Gasteiger partial charge in [-0.2, -0.15) is 5.26 Å². The molecule has 0 aliphatic heterocycles. The van der Waals surface area contributed by atoms with Gasteiger partial charge in [-0.3, -0.25) is 0 Å². The lowest BCUT2D eigenvalue weighted by Crippen LogP contribution is -1.93. The van der Waals surface area contributed by atoms with Crippen LogP contribution < -0.4 is 4.74 Å². The zero-order valence-corrected chi connectivity index (χ0v) is 8.09. The largest absolute Gasteiger partial charge is 0.496 e. The Morgan fingerprint density at radius 2 is 2.29 bits per heavy atom. The van der Waals surface area contributed by atoms with E-state index in [0.717, 1.165) is 12.0 Å². The van der Waals surface area contributed by atoms with Gasteiger partial charge < -0.3 is 4.74 Å². The Morgan fingerprint density at radius 3 is 2.93 bits per heavy atom. The molecule has 0 aliphatic rings. The van der Waals surface area contributed by atoms with Crippen LogP contribution in [0.15, 0.2) is 18.2 Å². The second-order valence-electron chi connectivity index (χ2n) is 2.97. The molecule has 0 saturated heterocycles. The SMILES string of the molecule is COc1ccc(F)cc1CCCC#N. The first-order valence-electron chi connectivity index (χ1n) is 4.47. The second kappa shape index (κ2) is 5.23. The predicted molar refractivity (Wildman–Crippen MR) is 51.5 cm³/mol. The summed E-state index contributed by atoms with van der Waals surface area (Å²) in [7, 11) is 1.56. The molecule has 0 atom stereocenters. The van der Waals surface area contributed by atoms with Crippen molar-refractivity contribution in [3.8, 4) is 11.8 Å². The molecule has 0 unspecified atom stereocenters. The van der Waals surface area contributed by atoms with Crippen LogP contribution in [0.3, 0.4) is 0 Å². The lowest BCUT2D eigenvalue weighted by Gasteiger charge is -2.06. The van der Waals surface area contributed by atoms with Gasteiger partial charge in [0.05, 0.1) is 13.2 Å². The Balaban J connectivity index is 2.73. The molecule has 3 heteroatoms. The summed E-state index contributed by atoms with van der Waals surface area (Å²) in [5, 5.41) is 8.37. The van der Waals surface area contributed by atoms with E-state index in [-0.39, 0.29) is 5.82 Å². The van der Waals surface area contributed by atoms with Crippen molar-refractivity contribution in [3.63, 3.8) is 0 Å². The van der Waals surface area contributed by atoms with E-state index in [1.807, 2.05) is 0 Å². The summed E-state index contributed by atoms with van der Waals surface area (Å²) in [6, 6.07) is 6.49. The lowest BCUT2D eigenvalue weighted by molar-refractivity contribution is 0.408. The molecule has 0 aliphatic carbocycles. The number of halogens is 1. The fourth-order valence-corrected chi connectivity index (χ4v) is 1.30. The van der Waals surface area contributed by atoms with Gasteiger partial charge in [0, 0.05) is 6.42 Å². The van der Waals surface area contributed by atoms with Gasteiger partial charge in [0.2, 0.25) is 0 Å².